The van der Waals surface area contributed by atoms with E-state index in [0.717, 1.165) is 12.0 Å². The fourth-order valence-electron chi connectivity index (χ4n) is 2.84. The van der Waals surface area contributed by atoms with Crippen molar-refractivity contribution in [3.63, 3.8) is 0 Å². The number of rotatable bonds is 7. The van der Waals surface area contributed by atoms with E-state index < -0.39 is 0 Å². The van der Waals surface area contributed by atoms with Crippen molar-refractivity contribution in [1.82, 2.24) is 5.32 Å². The van der Waals surface area contributed by atoms with Crippen molar-refractivity contribution in [3.05, 3.63) is 0 Å². The zero-order chi connectivity index (χ0) is 10.9. The van der Waals surface area contributed by atoms with Gasteiger partial charge in [0, 0.05) is 6.04 Å². The van der Waals surface area contributed by atoms with Crippen LogP contribution in [0.25, 0.3) is 0 Å². The second-order valence-electron chi connectivity index (χ2n) is 5.07. The molecule has 0 heterocycles. The fraction of sp³-hybridized carbons (Fsp3) is 1.00. The van der Waals surface area contributed by atoms with Crippen LogP contribution in [0.5, 0.6) is 0 Å². The van der Waals surface area contributed by atoms with E-state index >= 15 is 0 Å². The summed E-state index contributed by atoms with van der Waals surface area (Å²) >= 11 is 0. The molecule has 1 rings (SSSR count). The van der Waals surface area contributed by atoms with Gasteiger partial charge in [0.15, 0.2) is 0 Å². The van der Waals surface area contributed by atoms with Crippen LogP contribution in [0, 0.1) is 5.92 Å². The van der Waals surface area contributed by atoms with Gasteiger partial charge in [-0.3, -0.25) is 0 Å². The third-order valence-electron chi connectivity index (χ3n) is 3.85. The molecule has 1 atom stereocenters. The Hall–Kier alpha value is -0.0400. The maximum atomic E-state index is 3.77. The van der Waals surface area contributed by atoms with Crippen LogP contribution in [0.3, 0.4) is 0 Å². The lowest BCUT2D eigenvalue weighted by Gasteiger charge is -2.30. The first-order chi connectivity index (χ1) is 7.38. The highest BCUT2D eigenvalue weighted by Gasteiger charge is 2.21. The van der Waals surface area contributed by atoms with Crippen LogP contribution in [-0.2, 0) is 0 Å². The van der Waals surface area contributed by atoms with Crippen LogP contribution in [0.4, 0.5) is 0 Å². The van der Waals surface area contributed by atoms with Gasteiger partial charge >= 0.3 is 0 Å². The molecule has 0 amide bonds. The van der Waals surface area contributed by atoms with Gasteiger partial charge in [0.25, 0.3) is 0 Å². The van der Waals surface area contributed by atoms with Gasteiger partial charge in [-0.05, 0) is 38.1 Å². The normalized spacial score (nSPS) is 20.4. The molecule has 90 valence electrons. The van der Waals surface area contributed by atoms with Gasteiger partial charge in [-0.25, -0.2) is 0 Å². The molecule has 0 saturated heterocycles. The first-order valence-electron chi connectivity index (χ1n) is 7.11. The standard InChI is InChI=1S/C14H29N/c1-3-5-9-12-15-14(4-2)13-10-7-6-8-11-13/h13-15H,3-12H2,1-2H3. The molecule has 1 nitrogen and oxygen atoms in total. The van der Waals surface area contributed by atoms with Gasteiger partial charge in [-0.15, -0.1) is 0 Å². The second-order valence-corrected chi connectivity index (χ2v) is 5.07. The molecule has 0 aliphatic heterocycles. The maximum Gasteiger partial charge on any atom is 0.00926 e. The summed E-state index contributed by atoms with van der Waals surface area (Å²) in [4.78, 5) is 0. The first-order valence-corrected chi connectivity index (χ1v) is 7.11. The molecule has 0 radical (unpaired) electrons. The summed E-state index contributed by atoms with van der Waals surface area (Å²) in [6, 6.07) is 0.808. The monoisotopic (exact) mass is 211 g/mol. The minimum absolute atomic E-state index is 0.808. The SMILES string of the molecule is CCCCCNC(CC)C1CCCCC1. The lowest BCUT2D eigenvalue weighted by molar-refractivity contribution is 0.262. The van der Waals surface area contributed by atoms with Crippen LogP contribution in [0.2, 0.25) is 0 Å². The van der Waals surface area contributed by atoms with E-state index in [2.05, 4.69) is 19.2 Å². The maximum absolute atomic E-state index is 3.77. The minimum Gasteiger partial charge on any atom is -0.314 e. The lowest BCUT2D eigenvalue weighted by Crippen LogP contribution is -2.37. The molecule has 1 unspecified atom stereocenters. The zero-order valence-electron chi connectivity index (χ0n) is 10.7. The smallest absolute Gasteiger partial charge is 0.00926 e. The Labute approximate surface area is 96.0 Å². The Morgan fingerprint density at radius 1 is 1.07 bits per heavy atom. The highest BCUT2D eigenvalue weighted by molar-refractivity contribution is 4.78. The van der Waals surface area contributed by atoms with Gasteiger partial charge in [0.05, 0.1) is 0 Å². The Kier molecular flexibility index (Phi) is 7.08. The number of hydrogen-bond donors (Lipinski definition) is 1. The van der Waals surface area contributed by atoms with E-state index in [-0.39, 0.29) is 0 Å². The van der Waals surface area contributed by atoms with Crippen molar-refractivity contribution in [2.45, 2.75) is 77.7 Å². The fourth-order valence-corrected chi connectivity index (χ4v) is 2.84. The van der Waals surface area contributed by atoms with Crippen LogP contribution in [0.15, 0.2) is 0 Å². The third kappa shape index (κ3) is 5.01. The summed E-state index contributed by atoms with van der Waals surface area (Å²) < 4.78 is 0. The summed E-state index contributed by atoms with van der Waals surface area (Å²) in [6.07, 6.45) is 12.8. The summed E-state index contributed by atoms with van der Waals surface area (Å²) in [5, 5.41) is 3.77. The van der Waals surface area contributed by atoms with E-state index in [1.54, 1.807) is 0 Å². The highest BCUT2D eigenvalue weighted by atomic mass is 14.9. The van der Waals surface area contributed by atoms with Crippen molar-refractivity contribution < 1.29 is 0 Å². The molecule has 1 saturated carbocycles. The van der Waals surface area contributed by atoms with E-state index in [1.165, 1.54) is 64.3 Å². The Morgan fingerprint density at radius 2 is 1.80 bits per heavy atom. The highest BCUT2D eigenvalue weighted by Crippen LogP contribution is 2.27. The molecular formula is C14H29N. The number of nitrogens with one attached hydrogen (secondary N) is 1. The molecule has 0 bridgehead atoms. The summed E-state index contributed by atoms with van der Waals surface area (Å²) in [7, 11) is 0. The van der Waals surface area contributed by atoms with E-state index in [0.29, 0.717) is 0 Å². The Balaban J connectivity index is 2.15. The zero-order valence-corrected chi connectivity index (χ0v) is 10.7. The Bertz CT molecular complexity index is 138. The van der Waals surface area contributed by atoms with Crippen molar-refractivity contribution in [1.29, 1.82) is 0 Å². The van der Waals surface area contributed by atoms with Crippen molar-refractivity contribution in [2.24, 2.45) is 5.92 Å². The molecule has 15 heavy (non-hydrogen) atoms. The topological polar surface area (TPSA) is 12.0 Å². The first kappa shape index (κ1) is 13.0. The molecule has 0 aromatic carbocycles. The lowest BCUT2D eigenvalue weighted by atomic mass is 9.83. The molecule has 1 aliphatic carbocycles. The summed E-state index contributed by atoms with van der Waals surface area (Å²) in [6.45, 7) is 5.85. The van der Waals surface area contributed by atoms with Gasteiger partial charge in [0.1, 0.15) is 0 Å². The van der Waals surface area contributed by atoms with Crippen molar-refractivity contribution in [3.8, 4) is 0 Å². The predicted molar refractivity (Wildman–Crippen MR) is 68.2 cm³/mol. The van der Waals surface area contributed by atoms with E-state index in [9.17, 15) is 0 Å². The van der Waals surface area contributed by atoms with Gasteiger partial charge in [0.2, 0.25) is 0 Å². The quantitative estimate of drug-likeness (QED) is 0.624. The van der Waals surface area contributed by atoms with Crippen LogP contribution < -0.4 is 5.32 Å². The molecule has 0 spiro atoms. The Morgan fingerprint density at radius 3 is 2.40 bits per heavy atom. The average Bonchev–Trinajstić information content (AvgIpc) is 2.30. The van der Waals surface area contributed by atoms with Crippen molar-refractivity contribution >= 4 is 0 Å². The average molecular weight is 211 g/mol. The molecular weight excluding hydrogens is 182 g/mol. The van der Waals surface area contributed by atoms with Crippen LogP contribution in [-0.4, -0.2) is 12.6 Å². The molecule has 0 aromatic heterocycles. The van der Waals surface area contributed by atoms with E-state index in [4.69, 9.17) is 0 Å². The second kappa shape index (κ2) is 8.15. The predicted octanol–water partition coefficient (Wildman–Crippen LogP) is 4.13. The van der Waals surface area contributed by atoms with Gasteiger partial charge in [-0.2, -0.15) is 0 Å². The summed E-state index contributed by atoms with van der Waals surface area (Å²) in [5.74, 6) is 0.977. The minimum atomic E-state index is 0.808. The third-order valence-corrected chi connectivity index (χ3v) is 3.85. The van der Waals surface area contributed by atoms with Gasteiger partial charge < -0.3 is 5.32 Å². The van der Waals surface area contributed by atoms with Crippen molar-refractivity contribution in [2.75, 3.05) is 6.54 Å². The molecule has 1 heteroatoms. The number of unbranched alkanes of at least 4 members (excludes halogenated alkanes) is 2. The summed E-state index contributed by atoms with van der Waals surface area (Å²) in [5.41, 5.74) is 0. The van der Waals surface area contributed by atoms with Crippen LogP contribution >= 0.6 is 0 Å². The van der Waals surface area contributed by atoms with Gasteiger partial charge in [-0.1, -0.05) is 46.0 Å². The molecule has 0 aromatic rings. The van der Waals surface area contributed by atoms with Crippen LogP contribution in [0.1, 0.15) is 71.6 Å². The largest absolute Gasteiger partial charge is 0.314 e. The van der Waals surface area contributed by atoms with E-state index in [1.807, 2.05) is 0 Å². The molecule has 1 fully saturated rings. The number of hydrogen-bond acceptors (Lipinski definition) is 1. The molecule has 1 N–H and O–H groups in total. The molecule has 1 aliphatic rings.